The van der Waals surface area contributed by atoms with Gasteiger partial charge in [0.2, 0.25) is 5.78 Å². The van der Waals surface area contributed by atoms with E-state index in [1.807, 2.05) is 5.92 Å². The number of rotatable bonds is 2. The number of aliphatic hydroxyl groups is 3. The molecule has 0 bridgehead atoms. The lowest BCUT2D eigenvalue weighted by Crippen LogP contribution is -2.65. The lowest BCUT2D eigenvalue weighted by atomic mass is 9.57. The molecule has 4 rings (SSSR count). The van der Waals surface area contributed by atoms with Gasteiger partial charge in [-0.05, 0) is 50.6 Å². The van der Waals surface area contributed by atoms with Crippen LogP contribution in [-0.4, -0.2) is 79.6 Å². The number of primary amides is 1. The molecule has 0 spiro atoms. The third kappa shape index (κ3) is 3.30. The maximum atomic E-state index is 13.7. The summed E-state index contributed by atoms with van der Waals surface area (Å²) < 4.78 is 0. The Kier molecular flexibility index (Phi) is 5.47. The highest BCUT2D eigenvalue weighted by Gasteiger charge is 2.64. The summed E-state index contributed by atoms with van der Waals surface area (Å²) in [4.78, 5) is 51.0. The fourth-order valence-electron chi connectivity index (χ4n) is 5.48. The summed E-state index contributed by atoms with van der Waals surface area (Å²) >= 11 is 0. The van der Waals surface area contributed by atoms with Crippen molar-refractivity contribution in [2.24, 2.45) is 17.6 Å². The number of phenols is 1. The highest BCUT2D eigenvalue weighted by atomic mass is 16.4. The molecule has 35 heavy (non-hydrogen) atoms. The minimum Gasteiger partial charge on any atom is -0.508 e. The first-order chi connectivity index (χ1) is 16.3. The second-order valence-electron chi connectivity index (χ2n) is 9.00. The molecule has 0 unspecified atom stereocenters. The number of carboxylic acid groups (broad SMARTS) is 1. The Labute approximate surface area is 198 Å². The number of likely N-dealkylation sites (N-methyl/N-ethyl adjacent to an activating group) is 1. The van der Waals surface area contributed by atoms with Crippen LogP contribution in [0, 0.1) is 23.7 Å². The summed E-state index contributed by atoms with van der Waals surface area (Å²) in [6, 6.07) is 1.36. The number of carbonyl (C=O) groups excluding carboxylic acids is 3. The molecule has 0 aromatic heterocycles. The second kappa shape index (κ2) is 7.97. The first kappa shape index (κ1) is 24.0. The fraction of sp³-hybridized carbons (Fsp3) is 0.333. The van der Waals surface area contributed by atoms with E-state index in [4.69, 9.17) is 10.8 Å². The van der Waals surface area contributed by atoms with Crippen molar-refractivity contribution in [3.05, 3.63) is 45.7 Å². The third-order valence-corrected chi connectivity index (χ3v) is 6.91. The molecule has 7 N–H and O–H groups in total. The van der Waals surface area contributed by atoms with Crippen LogP contribution >= 0.6 is 0 Å². The van der Waals surface area contributed by atoms with E-state index in [2.05, 4.69) is 5.92 Å². The Hall–Kier alpha value is -4.14. The summed E-state index contributed by atoms with van der Waals surface area (Å²) in [5.74, 6) is -4.46. The van der Waals surface area contributed by atoms with E-state index in [9.17, 15) is 39.6 Å². The summed E-state index contributed by atoms with van der Waals surface area (Å²) in [6.07, 6.45) is -0.0558. The van der Waals surface area contributed by atoms with Gasteiger partial charge in [-0.3, -0.25) is 19.3 Å². The number of aromatic hydroxyl groups is 1. The molecule has 1 amide bonds. The van der Waals surface area contributed by atoms with Crippen molar-refractivity contribution >= 4 is 29.2 Å². The zero-order chi connectivity index (χ0) is 26.0. The Morgan fingerprint density at radius 3 is 2.40 bits per heavy atom. The van der Waals surface area contributed by atoms with Gasteiger partial charge >= 0.3 is 5.97 Å². The van der Waals surface area contributed by atoms with Crippen molar-refractivity contribution in [1.29, 1.82) is 0 Å². The van der Waals surface area contributed by atoms with Crippen molar-refractivity contribution < 1.29 is 44.7 Å². The van der Waals surface area contributed by atoms with Gasteiger partial charge < -0.3 is 31.3 Å². The molecule has 4 atom stereocenters. The largest absolute Gasteiger partial charge is 0.508 e. The number of hydrogen-bond donors (Lipinski definition) is 6. The van der Waals surface area contributed by atoms with Crippen LogP contribution < -0.4 is 5.73 Å². The average molecular weight is 482 g/mol. The van der Waals surface area contributed by atoms with Gasteiger partial charge in [0.05, 0.1) is 11.6 Å². The van der Waals surface area contributed by atoms with E-state index in [1.54, 1.807) is 0 Å². The standard InChI is InChI=1S/C24H22N2O9/c1-26(2)18-12-8-10-7-11-9(4-6-14(28)29)3-5-13(27)16(11)19(30)15(10)21(32)24(12,35)22(33)17(20(18)31)23(25)34/h3,5,10,12,18,27,30,33,35H,7-8H2,1-2H3,(H2,25,34)(H,28,29)/t10-,12-,18-,24-/m1/s1. The Bertz CT molecular complexity index is 1340. The normalized spacial score (nSPS) is 27.6. The van der Waals surface area contributed by atoms with Gasteiger partial charge in [-0.1, -0.05) is 5.92 Å². The number of phenolic OH excluding ortho intramolecular Hbond substituents is 1. The highest BCUT2D eigenvalue weighted by Crippen LogP contribution is 2.52. The van der Waals surface area contributed by atoms with E-state index in [1.165, 1.54) is 31.1 Å². The van der Waals surface area contributed by atoms with Crippen LogP contribution in [0.4, 0.5) is 0 Å². The quantitative estimate of drug-likeness (QED) is 0.234. The number of benzene rings is 1. The monoisotopic (exact) mass is 482 g/mol. The smallest absolute Gasteiger partial charge is 0.382 e. The Morgan fingerprint density at radius 1 is 1.17 bits per heavy atom. The number of ketones is 2. The topological polar surface area (TPSA) is 199 Å². The molecule has 1 aromatic carbocycles. The Balaban J connectivity index is 1.98. The summed E-state index contributed by atoms with van der Waals surface area (Å²) in [7, 11) is 3.01. The number of nitrogens with zero attached hydrogens (tertiary/aromatic N) is 1. The van der Waals surface area contributed by atoms with Gasteiger partial charge in [-0.15, -0.1) is 0 Å². The SMILES string of the molecule is CN(C)[C@H]1C(=O)C(C(N)=O)=C(O)[C@]2(O)C(=O)C3=C(O)c4c(O)ccc(C#CC(=O)O)c4C[C@@H]3C[C@H]12. The van der Waals surface area contributed by atoms with Crippen LogP contribution in [0.3, 0.4) is 0 Å². The minimum absolute atomic E-state index is 0.0204. The van der Waals surface area contributed by atoms with E-state index in [-0.39, 0.29) is 29.5 Å². The van der Waals surface area contributed by atoms with Crippen LogP contribution in [0.25, 0.3) is 5.76 Å². The van der Waals surface area contributed by atoms with Crippen molar-refractivity contribution in [2.45, 2.75) is 24.5 Å². The third-order valence-electron chi connectivity index (χ3n) is 6.91. The molecule has 182 valence electrons. The van der Waals surface area contributed by atoms with E-state index in [0.717, 1.165) is 0 Å². The van der Waals surface area contributed by atoms with Gasteiger partial charge in [-0.2, -0.15) is 0 Å². The molecule has 0 heterocycles. The molecule has 3 aliphatic rings. The lowest BCUT2D eigenvalue weighted by molar-refractivity contribution is -0.153. The summed E-state index contributed by atoms with van der Waals surface area (Å²) in [6.45, 7) is 0. The van der Waals surface area contributed by atoms with Crippen LogP contribution in [0.15, 0.2) is 29.0 Å². The van der Waals surface area contributed by atoms with Crippen molar-refractivity contribution in [1.82, 2.24) is 4.90 Å². The molecule has 1 fully saturated rings. The van der Waals surface area contributed by atoms with E-state index < -0.39 is 69.8 Å². The number of aliphatic hydroxyl groups excluding tert-OH is 2. The number of nitrogens with two attached hydrogens (primary N) is 1. The molecule has 1 aromatic rings. The first-order valence-electron chi connectivity index (χ1n) is 10.6. The van der Waals surface area contributed by atoms with Crippen LogP contribution in [-0.2, 0) is 25.6 Å². The molecule has 1 saturated carbocycles. The zero-order valence-electron chi connectivity index (χ0n) is 18.7. The minimum atomic E-state index is -2.72. The van der Waals surface area contributed by atoms with Gasteiger partial charge in [0, 0.05) is 23.0 Å². The summed E-state index contributed by atoms with van der Waals surface area (Å²) in [5.41, 5.74) is 1.72. The number of fused-ring (bicyclic) bond motifs is 3. The second-order valence-corrected chi connectivity index (χ2v) is 9.00. The summed E-state index contributed by atoms with van der Waals surface area (Å²) in [5, 5.41) is 52.7. The van der Waals surface area contributed by atoms with Gasteiger partial charge in [0.15, 0.2) is 11.4 Å². The molecule has 0 saturated heterocycles. The number of amides is 1. The molecule has 0 radical (unpaired) electrons. The van der Waals surface area contributed by atoms with Crippen molar-refractivity contribution in [2.75, 3.05) is 14.1 Å². The predicted octanol–water partition coefficient (Wildman–Crippen LogP) is -0.600. The van der Waals surface area contributed by atoms with E-state index in [0.29, 0.717) is 5.56 Å². The van der Waals surface area contributed by atoms with Gasteiger partial charge in [0.25, 0.3) is 5.91 Å². The van der Waals surface area contributed by atoms with Gasteiger partial charge in [-0.25, -0.2) is 4.79 Å². The number of hydrogen-bond acceptors (Lipinski definition) is 9. The molecule has 0 aliphatic heterocycles. The van der Waals surface area contributed by atoms with Crippen LogP contribution in [0.5, 0.6) is 5.75 Å². The maximum absolute atomic E-state index is 13.7. The van der Waals surface area contributed by atoms with Crippen molar-refractivity contribution in [3.8, 4) is 17.6 Å². The zero-order valence-corrected chi connectivity index (χ0v) is 18.7. The average Bonchev–Trinajstić information content (AvgIpc) is 2.75. The highest BCUT2D eigenvalue weighted by molar-refractivity contribution is 6.24. The van der Waals surface area contributed by atoms with Crippen molar-refractivity contribution in [3.63, 3.8) is 0 Å². The molecule has 3 aliphatic carbocycles. The number of aliphatic carboxylic acids is 1. The molecule has 11 nitrogen and oxygen atoms in total. The molecular formula is C24H22N2O9. The van der Waals surface area contributed by atoms with Gasteiger partial charge in [0.1, 0.15) is 22.8 Å². The number of Topliss-reactive ketones (excluding diaryl/α,β-unsaturated/α-hetero) is 2. The fourth-order valence-corrected chi connectivity index (χ4v) is 5.48. The van der Waals surface area contributed by atoms with E-state index >= 15 is 0 Å². The van der Waals surface area contributed by atoms with Crippen LogP contribution in [0.1, 0.15) is 23.1 Å². The predicted molar refractivity (Wildman–Crippen MR) is 119 cm³/mol. The number of carbonyl (C=O) groups is 4. The number of carboxylic acids is 1. The maximum Gasteiger partial charge on any atom is 0.382 e. The molecule has 11 heteroatoms. The first-order valence-corrected chi connectivity index (χ1v) is 10.6. The lowest BCUT2D eigenvalue weighted by Gasteiger charge is -2.50. The molecular weight excluding hydrogens is 460 g/mol. The Morgan fingerprint density at radius 2 is 1.83 bits per heavy atom. The van der Waals surface area contributed by atoms with Crippen LogP contribution in [0.2, 0.25) is 0 Å².